The van der Waals surface area contributed by atoms with Gasteiger partial charge in [-0.2, -0.15) is 0 Å². The van der Waals surface area contributed by atoms with E-state index in [1.165, 1.54) is 0 Å². The van der Waals surface area contributed by atoms with Crippen molar-refractivity contribution in [2.75, 3.05) is 6.54 Å². The number of aromatic nitrogens is 3. The Morgan fingerprint density at radius 3 is 2.81 bits per heavy atom. The molecule has 0 bridgehead atoms. The lowest BCUT2D eigenvalue weighted by Crippen LogP contribution is -2.14. The Bertz CT molecular complexity index is 533. The SMILES string of the molecule is CCCNCc1ccc(OCc2cncn2C(C)C)cn1. The lowest BCUT2D eigenvalue weighted by molar-refractivity contribution is 0.290. The Morgan fingerprint density at radius 2 is 2.14 bits per heavy atom. The second-order valence-corrected chi connectivity index (χ2v) is 5.34. The van der Waals surface area contributed by atoms with E-state index in [-0.39, 0.29) is 0 Å². The van der Waals surface area contributed by atoms with E-state index in [1.54, 1.807) is 6.20 Å². The first-order valence-electron chi connectivity index (χ1n) is 7.50. The van der Waals surface area contributed by atoms with Gasteiger partial charge in [-0.05, 0) is 38.9 Å². The molecule has 0 atom stereocenters. The fraction of sp³-hybridized carbons (Fsp3) is 0.500. The number of pyridine rings is 1. The molecule has 0 radical (unpaired) electrons. The molecule has 2 heterocycles. The molecule has 0 amide bonds. The fourth-order valence-electron chi connectivity index (χ4n) is 2.06. The van der Waals surface area contributed by atoms with Crippen LogP contribution in [0.4, 0.5) is 0 Å². The molecular formula is C16H24N4O. The molecule has 0 aliphatic carbocycles. The zero-order valence-electron chi connectivity index (χ0n) is 13.0. The summed E-state index contributed by atoms with van der Waals surface area (Å²) in [6, 6.07) is 4.35. The van der Waals surface area contributed by atoms with Crippen molar-refractivity contribution in [3.05, 3.63) is 42.2 Å². The predicted molar refractivity (Wildman–Crippen MR) is 83.2 cm³/mol. The van der Waals surface area contributed by atoms with Crippen molar-refractivity contribution in [3.63, 3.8) is 0 Å². The van der Waals surface area contributed by atoms with E-state index in [9.17, 15) is 0 Å². The molecule has 0 aromatic carbocycles. The molecule has 0 aliphatic heterocycles. The average Bonchev–Trinajstić information content (AvgIpc) is 2.95. The summed E-state index contributed by atoms with van der Waals surface area (Å²) in [6.07, 6.45) is 6.59. The molecule has 21 heavy (non-hydrogen) atoms. The standard InChI is InChI=1S/C16H24N4O/c1-4-7-17-8-14-5-6-16(10-19-14)21-11-15-9-18-12-20(15)13(2)3/h5-6,9-10,12-13,17H,4,7-8,11H2,1-3H3. The van der Waals surface area contributed by atoms with Gasteiger partial charge >= 0.3 is 0 Å². The van der Waals surface area contributed by atoms with Gasteiger partial charge in [0.1, 0.15) is 12.4 Å². The smallest absolute Gasteiger partial charge is 0.138 e. The van der Waals surface area contributed by atoms with E-state index in [1.807, 2.05) is 24.7 Å². The zero-order chi connectivity index (χ0) is 15.1. The molecule has 2 aromatic rings. The normalized spacial score (nSPS) is 11.0. The third-order valence-corrected chi connectivity index (χ3v) is 3.22. The first kappa shape index (κ1) is 15.5. The van der Waals surface area contributed by atoms with E-state index >= 15 is 0 Å². The van der Waals surface area contributed by atoms with Crippen molar-refractivity contribution in [1.29, 1.82) is 0 Å². The maximum Gasteiger partial charge on any atom is 0.138 e. The first-order valence-corrected chi connectivity index (χ1v) is 7.50. The van der Waals surface area contributed by atoms with Crippen LogP contribution in [0, 0.1) is 0 Å². The van der Waals surface area contributed by atoms with Crippen LogP contribution < -0.4 is 10.1 Å². The lowest BCUT2D eigenvalue weighted by atomic mass is 10.3. The van der Waals surface area contributed by atoms with Gasteiger partial charge < -0.3 is 14.6 Å². The third kappa shape index (κ3) is 4.56. The number of rotatable bonds is 8. The quantitative estimate of drug-likeness (QED) is 0.759. The lowest BCUT2D eigenvalue weighted by Gasteiger charge is -2.12. The Balaban J connectivity index is 1.87. The summed E-state index contributed by atoms with van der Waals surface area (Å²) in [5, 5.41) is 3.33. The van der Waals surface area contributed by atoms with Crippen LogP contribution in [0.2, 0.25) is 0 Å². The maximum atomic E-state index is 5.78. The minimum atomic E-state index is 0.385. The summed E-state index contributed by atoms with van der Waals surface area (Å²) >= 11 is 0. The van der Waals surface area contributed by atoms with E-state index in [4.69, 9.17) is 4.74 Å². The molecule has 2 rings (SSSR count). The number of nitrogens with one attached hydrogen (secondary N) is 1. The van der Waals surface area contributed by atoms with Gasteiger partial charge in [-0.1, -0.05) is 6.92 Å². The second kappa shape index (κ2) is 7.78. The Hall–Kier alpha value is -1.88. The Labute approximate surface area is 126 Å². The molecule has 5 nitrogen and oxygen atoms in total. The highest BCUT2D eigenvalue weighted by molar-refractivity contribution is 5.20. The molecule has 0 spiro atoms. The van der Waals surface area contributed by atoms with Crippen LogP contribution in [0.3, 0.4) is 0 Å². The second-order valence-electron chi connectivity index (χ2n) is 5.34. The Kier molecular flexibility index (Phi) is 5.75. The summed E-state index contributed by atoms with van der Waals surface area (Å²) < 4.78 is 7.89. The summed E-state index contributed by atoms with van der Waals surface area (Å²) in [5.41, 5.74) is 2.10. The molecule has 0 saturated heterocycles. The van der Waals surface area contributed by atoms with E-state index < -0.39 is 0 Å². The number of nitrogens with zero attached hydrogens (tertiary/aromatic N) is 3. The van der Waals surface area contributed by atoms with Crippen LogP contribution in [-0.2, 0) is 13.2 Å². The highest BCUT2D eigenvalue weighted by Gasteiger charge is 2.06. The van der Waals surface area contributed by atoms with Gasteiger partial charge in [-0.15, -0.1) is 0 Å². The topological polar surface area (TPSA) is 52.0 Å². The predicted octanol–water partition coefficient (Wildman–Crippen LogP) is 2.94. The van der Waals surface area contributed by atoms with Crippen LogP contribution in [0.5, 0.6) is 5.75 Å². The summed E-state index contributed by atoms with van der Waals surface area (Å²) in [7, 11) is 0. The molecule has 5 heteroatoms. The highest BCUT2D eigenvalue weighted by atomic mass is 16.5. The molecular weight excluding hydrogens is 264 g/mol. The van der Waals surface area contributed by atoms with Crippen LogP contribution in [0.15, 0.2) is 30.9 Å². The zero-order valence-corrected chi connectivity index (χ0v) is 13.0. The summed E-state index contributed by atoms with van der Waals surface area (Å²) in [6.45, 7) is 8.73. The molecule has 0 unspecified atom stereocenters. The van der Waals surface area contributed by atoms with Crippen LogP contribution in [-0.4, -0.2) is 21.1 Å². The van der Waals surface area contributed by atoms with Gasteiger partial charge in [0, 0.05) is 12.6 Å². The van der Waals surface area contributed by atoms with Crippen LogP contribution in [0.25, 0.3) is 0 Å². The van der Waals surface area contributed by atoms with E-state index in [2.05, 4.69) is 40.6 Å². The van der Waals surface area contributed by atoms with Gasteiger partial charge in [0.25, 0.3) is 0 Å². The van der Waals surface area contributed by atoms with Gasteiger partial charge in [0.2, 0.25) is 0 Å². The van der Waals surface area contributed by atoms with Crippen molar-refractivity contribution >= 4 is 0 Å². The van der Waals surface area contributed by atoms with Crippen molar-refractivity contribution in [2.45, 2.75) is 46.4 Å². The van der Waals surface area contributed by atoms with E-state index in [0.29, 0.717) is 12.6 Å². The largest absolute Gasteiger partial charge is 0.486 e. The summed E-state index contributed by atoms with van der Waals surface area (Å²) in [4.78, 5) is 8.57. The van der Waals surface area contributed by atoms with Crippen LogP contribution in [0.1, 0.15) is 44.6 Å². The molecule has 1 N–H and O–H groups in total. The number of hydrogen-bond donors (Lipinski definition) is 1. The Morgan fingerprint density at radius 1 is 1.29 bits per heavy atom. The van der Waals surface area contributed by atoms with Crippen molar-refractivity contribution < 1.29 is 4.74 Å². The first-order chi connectivity index (χ1) is 10.2. The molecule has 0 saturated carbocycles. The number of hydrogen-bond acceptors (Lipinski definition) is 4. The third-order valence-electron chi connectivity index (χ3n) is 3.22. The molecule has 2 aromatic heterocycles. The fourth-order valence-corrected chi connectivity index (χ4v) is 2.06. The number of ether oxygens (including phenoxy) is 1. The van der Waals surface area contributed by atoms with Gasteiger partial charge in [0.15, 0.2) is 0 Å². The van der Waals surface area contributed by atoms with Gasteiger partial charge in [-0.3, -0.25) is 4.98 Å². The average molecular weight is 288 g/mol. The van der Waals surface area contributed by atoms with Gasteiger partial charge in [-0.25, -0.2) is 4.98 Å². The molecule has 0 fully saturated rings. The van der Waals surface area contributed by atoms with Gasteiger partial charge in [0.05, 0.1) is 30.1 Å². The highest BCUT2D eigenvalue weighted by Crippen LogP contribution is 2.14. The van der Waals surface area contributed by atoms with Crippen molar-refractivity contribution in [3.8, 4) is 5.75 Å². The molecule has 114 valence electrons. The minimum Gasteiger partial charge on any atom is -0.486 e. The van der Waals surface area contributed by atoms with Crippen molar-refractivity contribution in [2.24, 2.45) is 0 Å². The number of imidazole rings is 1. The summed E-state index contributed by atoms with van der Waals surface area (Å²) in [5.74, 6) is 0.783. The van der Waals surface area contributed by atoms with Crippen LogP contribution >= 0.6 is 0 Å². The molecule has 0 aliphatic rings. The minimum absolute atomic E-state index is 0.385. The monoisotopic (exact) mass is 288 g/mol. The maximum absolute atomic E-state index is 5.78. The van der Waals surface area contributed by atoms with E-state index in [0.717, 1.165) is 36.6 Å². The van der Waals surface area contributed by atoms with Crippen molar-refractivity contribution in [1.82, 2.24) is 19.9 Å².